The number of nitrogens with two attached hydrogens (primary N) is 1. The summed E-state index contributed by atoms with van der Waals surface area (Å²) in [5.41, 5.74) is 9.96. The number of amides is 2. The van der Waals surface area contributed by atoms with Gasteiger partial charge in [0.25, 0.3) is 0 Å². The number of nitrogens with one attached hydrogen (secondary N) is 1. The smallest absolute Gasteiger partial charge is 0.247 e. The molecule has 0 saturated heterocycles. The SMILES string of the molecule is Cn1nc2c(c1-c1ccccc1)CN(C(=O)[C@@H](COCc1ccccc1)NC(=O)C(C)(C)N)CC2. The Balaban J connectivity index is 1.52. The third kappa shape index (κ3) is 5.78. The zero-order valence-corrected chi connectivity index (χ0v) is 20.5. The second-order valence-corrected chi connectivity index (χ2v) is 9.52. The molecular formula is C27H33N5O3. The second-order valence-electron chi connectivity index (χ2n) is 9.52. The molecule has 4 rings (SSSR count). The van der Waals surface area contributed by atoms with Crippen molar-refractivity contribution in [1.82, 2.24) is 20.0 Å². The van der Waals surface area contributed by atoms with Gasteiger partial charge in [-0.15, -0.1) is 0 Å². The van der Waals surface area contributed by atoms with Gasteiger partial charge in [0.2, 0.25) is 11.8 Å². The summed E-state index contributed by atoms with van der Waals surface area (Å²) in [5, 5.41) is 7.51. The van der Waals surface area contributed by atoms with Crippen LogP contribution < -0.4 is 11.1 Å². The zero-order chi connectivity index (χ0) is 25.0. The number of ether oxygens (including phenoxy) is 1. The number of carbonyl (C=O) groups excluding carboxylic acids is 2. The minimum absolute atomic E-state index is 0.0531. The van der Waals surface area contributed by atoms with Crippen molar-refractivity contribution >= 4 is 11.8 Å². The van der Waals surface area contributed by atoms with Crippen molar-refractivity contribution < 1.29 is 14.3 Å². The Morgan fingerprint density at radius 1 is 1.11 bits per heavy atom. The topological polar surface area (TPSA) is 102 Å². The summed E-state index contributed by atoms with van der Waals surface area (Å²) in [6.07, 6.45) is 0.648. The molecule has 8 nitrogen and oxygen atoms in total. The summed E-state index contributed by atoms with van der Waals surface area (Å²) >= 11 is 0. The van der Waals surface area contributed by atoms with E-state index in [1.807, 2.05) is 72.4 Å². The van der Waals surface area contributed by atoms with Gasteiger partial charge in [-0.1, -0.05) is 60.7 Å². The lowest BCUT2D eigenvalue weighted by Crippen LogP contribution is -2.58. The highest BCUT2D eigenvalue weighted by atomic mass is 16.5. The third-order valence-electron chi connectivity index (χ3n) is 6.14. The van der Waals surface area contributed by atoms with Crippen LogP contribution >= 0.6 is 0 Å². The maximum absolute atomic E-state index is 13.6. The Kier molecular flexibility index (Phi) is 7.33. The molecule has 1 aromatic heterocycles. The van der Waals surface area contributed by atoms with Crippen LogP contribution in [0.4, 0.5) is 0 Å². The maximum Gasteiger partial charge on any atom is 0.247 e. The normalized spacial score (nSPS) is 14.3. The van der Waals surface area contributed by atoms with E-state index in [1.165, 1.54) is 0 Å². The lowest BCUT2D eigenvalue weighted by atomic mass is 10.00. The number of carbonyl (C=O) groups is 2. The van der Waals surface area contributed by atoms with Crippen LogP contribution in [0, 0.1) is 0 Å². The molecule has 8 heteroatoms. The number of benzene rings is 2. The van der Waals surface area contributed by atoms with Gasteiger partial charge in [-0.05, 0) is 19.4 Å². The number of hydrogen-bond acceptors (Lipinski definition) is 5. The van der Waals surface area contributed by atoms with Gasteiger partial charge in [0.15, 0.2) is 0 Å². The lowest BCUT2D eigenvalue weighted by molar-refractivity contribution is -0.140. The summed E-state index contributed by atoms with van der Waals surface area (Å²) in [6, 6.07) is 18.9. The molecule has 0 saturated carbocycles. The fourth-order valence-electron chi connectivity index (χ4n) is 4.25. The molecule has 184 valence electrons. The van der Waals surface area contributed by atoms with E-state index in [9.17, 15) is 9.59 Å². The minimum atomic E-state index is -1.11. The number of fused-ring (bicyclic) bond motifs is 1. The second kappa shape index (κ2) is 10.4. The highest BCUT2D eigenvalue weighted by Crippen LogP contribution is 2.30. The standard InChI is InChI=1S/C27H33N5O3/c1-27(2,28)26(34)29-23(18-35-17-19-10-6-4-7-11-19)25(33)32-15-14-22-21(16-32)24(31(3)30-22)20-12-8-5-9-13-20/h4-13,23H,14-18,28H2,1-3H3,(H,29,34)/t23-/m1/s1. The van der Waals surface area contributed by atoms with Crippen LogP contribution in [0.5, 0.6) is 0 Å². The average molecular weight is 476 g/mol. The van der Waals surface area contributed by atoms with Gasteiger partial charge in [0, 0.05) is 37.7 Å². The molecule has 3 N–H and O–H groups in total. The van der Waals surface area contributed by atoms with Crippen LogP contribution in [0.3, 0.4) is 0 Å². The molecule has 0 bridgehead atoms. The van der Waals surface area contributed by atoms with Crippen LogP contribution in [0.15, 0.2) is 60.7 Å². The average Bonchev–Trinajstić information content (AvgIpc) is 3.18. The van der Waals surface area contributed by atoms with E-state index < -0.39 is 17.5 Å². The monoisotopic (exact) mass is 475 g/mol. The van der Waals surface area contributed by atoms with Crippen molar-refractivity contribution in [2.45, 2.75) is 45.0 Å². The Hall–Kier alpha value is -3.49. The predicted molar refractivity (Wildman–Crippen MR) is 134 cm³/mol. The number of aromatic nitrogens is 2. The summed E-state index contributed by atoms with van der Waals surface area (Å²) in [5.74, 6) is -0.590. The van der Waals surface area contributed by atoms with Crippen molar-refractivity contribution in [3.8, 4) is 11.3 Å². The number of rotatable bonds is 8. The predicted octanol–water partition coefficient (Wildman–Crippen LogP) is 2.41. The van der Waals surface area contributed by atoms with E-state index in [0.29, 0.717) is 26.1 Å². The molecule has 1 aliphatic heterocycles. The fourth-order valence-corrected chi connectivity index (χ4v) is 4.25. The van der Waals surface area contributed by atoms with Crippen molar-refractivity contribution in [2.24, 2.45) is 12.8 Å². The Morgan fingerprint density at radius 3 is 2.43 bits per heavy atom. The number of aryl methyl sites for hydroxylation is 1. The van der Waals surface area contributed by atoms with Crippen LogP contribution in [0.25, 0.3) is 11.3 Å². The van der Waals surface area contributed by atoms with E-state index in [1.54, 1.807) is 18.7 Å². The molecule has 2 heterocycles. The molecule has 0 aliphatic carbocycles. The molecule has 0 radical (unpaired) electrons. The van der Waals surface area contributed by atoms with Crippen molar-refractivity contribution in [2.75, 3.05) is 13.2 Å². The first-order valence-electron chi connectivity index (χ1n) is 11.8. The molecule has 35 heavy (non-hydrogen) atoms. The quantitative estimate of drug-likeness (QED) is 0.521. The van der Waals surface area contributed by atoms with Crippen LogP contribution in [0.2, 0.25) is 0 Å². The number of nitrogens with zero attached hydrogens (tertiary/aromatic N) is 3. The van der Waals surface area contributed by atoms with Crippen LogP contribution in [0.1, 0.15) is 30.7 Å². The van der Waals surface area contributed by atoms with E-state index in [2.05, 4.69) is 5.32 Å². The Labute approximate surface area is 206 Å². The van der Waals surface area contributed by atoms with Crippen LogP contribution in [-0.4, -0.2) is 51.2 Å². The molecular weight excluding hydrogens is 442 g/mol. The Bertz CT molecular complexity index is 1170. The van der Waals surface area contributed by atoms with Gasteiger partial charge in [-0.3, -0.25) is 14.3 Å². The molecule has 0 spiro atoms. The van der Waals surface area contributed by atoms with Gasteiger partial charge in [-0.25, -0.2) is 0 Å². The van der Waals surface area contributed by atoms with E-state index in [0.717, 1.165) is 28.1 Å². The van der Waals surface area contributed by atoms with Gasteiger partial charge in [0.05, 0.1) is 30.1 Å². The summed E-state index contributed by atoms with van der Waals surface area (Å²) in [6.45, 7) is 4.57. The summed E-state index contributed by atoms with van der Waals surface area (Å²) in [7, 11) is 1.93. The highest BCUT2D eigenvalue weighted by Gasteiger charge is 2.34. The van der Waals surface area contributed by atoms with Gasteiger partial charge >= 0.3 is 0 Å². The van der Waals surface area contributed by atoms with Gasteiger partial charge in [0.1, 0.15) is 6.04 Å². The summed E-state index contributed by atoms with van der Waals surface area (Å²) in [4.78, 5) is 28.1. The Morgan fingerprint density at radius 2 is 1.77 bits per heavy atom. The van der Waals surface area contributed by atoms with Gasteiger partial charge < -0.3 is 20.7 Å². The van der Waals surface area contributed by atoms with E-state index in [4.69, 9.17) is 15.6 Å². The summed E-state index contributed by atoms with van der Waals surface area (Å²) < 4.78 is 7.74. The largest absolute Gasteiger partial charge is 0.374 e. The fraction of sp³-hybridized carbons (Fsp3) is 0.370. The molecule has 2 amide bonds. The minimum Gasteiger partial charge on any atom is -0.374 e. The zero-order valence-electron chi connectivity index (χ0n) is 20.5. The van der Waals surface area contributed by atoms with E-state index >= 15 is 0 Å². The molecule has 2 aromatic carbocycles. The van der Waals surface area contributed by atoms with Gasteiger partial charge in [-0.2, -0.15) is 5.10 Å². The first-order valence-corrected chi connectivity index (χ1v) is 11.8. The lowest BCUT2D eigenvalue weighted by Gasteiger charge is -2.32. The van der Waals surface area contributed by atoms with Crippen molar-refractivity contribution in [1.29, 1.82) is 0 Å². The first kappa shape index (κ1) is 24.6. The molecule has 0 unspecified atom stereocenters. The van der Waals surface area contributed by atoms with Crippen molar-refractivity contribution in [3.05, 3.63) is 77.5 Å². The maximum atomic E-state index is 13.6. The highest BCUT2D eigenvalue weighted by molar-refractivity contribution is 5.91. The van der Waals surface area contributed by atoms with E-state index in [-0.39, 0.29) is 12.5 Å². The number of hydrogen-bond donors (Lipinski definition) is 2. The molecule has 3 aromatic rings. The van der Waals surface area contributed by atoms with Crippen molar-refractivity contribution in [3.63, 3.8) is 0 Å². The molecule has 1 aliphatic rings. The third-order valence-corrected chi connectivity index (χ3v) is 6.14. The molecule has 0 fully saturated rings. The first-order chi connectivity index (χ1) is 16.7. The van der Waals surface area contributed by atoms with Crippen LogP contribution in [-0.2, 0) is 40.9 Å². The molecule has 1 atom stereocenters.